The number of carbonyl (C=O) groups excluding carboxylic acids is 7. The number of piperazine rings is 2. The number of allylic oxidation sites excluding steroid dienone is 3. The van der Waals surface area contributed by atoms with Crippen LogP contribution in [0.4, 0.5) is 0 Å². The number of nitrogens with zero attached hydrogens (tertiary/aromatic N) is 11. The van der Waals surface area contributed by atoms with E-state index < -0.39 is 0 Å². The molecule has 0 bridgehead atoms. The zero-order valence-corrected chi connectivity index (χ0v) is 58.5. The summed E-state index contributed by atoms with van der Waals surface area (Å²) in [6.45, 7) is 24.3. The quantitative estimate of drug-likeness (QED) is 0.0562. The topological polar surface area (TPSA) is 260 Å². The van der Waals surface area contributed by atoms with E-state index in [0.29, 0.717) is 102 Å². The van der Waals surface area contributed by atoms with Crippen LogP contribution in [-0.2, 0) is 19.2 Å². The molecule has 15 rings (SSSR count). The number of hydrogen-bond acceptors (Lipinski definition) is 17. The van der Waals surface area contributed by atoms with Crippen molar-refractivity contribution in [2.45, 2.75) is 90.5 Å². The molecule has 7 amide bonds. The Morgan fingerprint density at radius 3 is 1.40 bits per heavy atom. The second-order valence-corrected chi connectivity index (χ2v) is 29.9. The number of piperidine rings is 3. The van der Waals surface area contributed by atoms with Crippen LogP contribution in [0.1, 0.15) is 116 Å². The molecule has 6 saturated heterocycles. The Kier molecular flexibility index (Phi) is 21.1. The maximum Gasteiger partial charge on any atom is 0.287 e. The maximum absolute atomic E-state index is 12.9. The summed E-state index contributed by atoms with van der Waals surface area (Å²) in [6, 6.07) is 10.9. The molecule has 532 valence electrons. The number of aromatic nitrogens is 3. The monoisotopic (exact) mass is 1370 g/mol. The van der Waals surface area contributed by atoms with Gasteiger partial charge in [-0.15, -0.1) is 0 Å². The SMILES string of the molecule is C=C/C(=C\C=C\C(=O)N1CCC2(CC1)CC2CNC(=O)c1cc2ccncc2o1)N1CCN(C)CC1.CC(C)N1CC(C(=O)N2CCC3(CC2)CC3CNC(=O)c2cc3ccncc3o2)CC1=O.CN1CCN(CCC(=O)N2CCC3(CC2)CC3CNC(=O)c2cc3ccncc3o2)CC1. The first-order valence-electron chi connectivity index (χ1n) is 36.2. The van der Waals surface area contributed by atoms with Crippen LogP contribution in [0, 0.1) is 39.9 Å². The number of furan rings is 3. The van der Waals surface area contributed by atoms with E-state index in [2.05, 4.69) is 76.1 Å². The largest absolute Gasteiger partial charge is 0.449 e. The number of carbonyl (C=O) groups is 7. The standard InChI is InChI=1S/C28H35N5O3.C24H33N5O3.C24H30N4O4/c1-3-23(32-15-13-31(2)14-16-32)5-4-6-26(34)33-11-8-28(9-12-33)18-22(28)19-30-27(35)24-17-21-7-10-29-20-25(21)36-24;1-27-10-12-28(13-11-27)7-3-22(30)29-8-4-24(5-9-29)15-19(24)16-26-23(31)20-14-18-2-6-25-17-21(18)32-20;1-15(2)28-14-17(10-21(28)29)23(31)27-7-4-24(5-8-27)11-18(24)12-26-22(30)19-9-16-3-6-25-13-20(16)32-19/h3-7,10,17,20,22H,1,8-9,11-16,18-19H2,2H3,(H,30,35);2,6,14,17,19H,3-5,7-13,15-16H2,1H3,(H,26,31);3,6,9,13,15,17-18H,4-5,7-8,10-12,14H2,1-2H3,(H,26,30)/b6-4+,23-5+;;. The molecule has 6 aliphatic heterocycles. The highest BCUT2D eigenvalue weighted by atomic mass is 16.4. The lowest BCUT2D eigenvalue weighted by molar-refractivity contribution is -0.137. The Bertz CT molecular complexity index is 3920. The molecule has 6 aromatic rings. The smallest absolute Gasteiger partial charge is 0.287 e. The van der Waals surface area contributed by atoms with Crippen molar-refractivity contribution in [2.75, 3.05) is 138 Å². The van der Waals surface area contributed by atoms with Crippen LogP contribution in [0.25, 0.3) is 32.9 Å². The third-order valence-electron chi connectivity index (χ3n) is 23.4. The fraction of sp³-hybridized carbons (Fsp3) is 0.553. The van der Waals surface area contributed by atoms with Crippen LogP contribution >= 0.6 is 0 Å². The number of likely N-dealkylation sites (N-methyl/N-ethyl adjacent to an activating group) is 2. The average Bonchev–Trinajstić information content (AvgIpc) is 1.60. The number of fused-ring (bicyclic) bond motifs is 3. The van der Waals surface area contributed by atoms with Crippen molar-refractivity contribution >= 4 is 74.3 Å². The number of rotatable bonds is 18. The van der Waals surface area contributed by atoms with Gasteiger partial charge in [0.05, 0.1) is 24.5 Å². The molecule has 9 fully saturated rings. The Morgan fingerprint density at radius 2 is 0.990 bits per heavy atom. The van der Waals surface area contributed by atoms with Crippen molar-refractivity contribution < 1.29 is 46.8 Å². The first kappa shape index (κ1) is 69.7. The molecule has 100 heavy (non-hydrogen) atoms. The summed E-state index contributed by atoms with van der Waals surface area (Å²) in [4.78, 5) is 117. The van der Waals surface area contributed by atoms with Crippen LogP contribution in [0.15, 0.2) is 123 Å². The lowest BCUT2D eigenvalue weighted by Crippen LogP contribution is -2.46. The number of amides is 7. The van der Waals surface area contributed by atoms with Gasteiger partial charge in [-0.2, -0.15) is 0 Å². The minimum Gasteiger partial charge on any atom is -0.449 e. The number of nitrogens with one attached hydrogen (secondary N) is 3. The highest BCUT2D eigenvalue weighted by molar-refractivity contribution is 5.97. The van der Waals surface area contributed by atoms with Gasteiger partial charge in [-0.3, -0.25) is 48.5 Å². The van der Waals surface area contributed by atoms with Crippen molar-refractivity contribution in [2.24, 2.45) is 39.9 Å². The van der Waals surface area contributed by atoms with E-state index in [9.17, 15) is 33.6 Å². The van der Waals surface area contributed by atoms with Crippen molar-refractivity contribution in [3.63, 3.8) is 0 Å². The summed E-state index contributed by atoms with van der Waals surface area (Å²) < 4.78 is 16.8. The summed E-state index contributed by atoms with van der Waals surface area (Å²) in [7, 11) is 4.29. The molecule has 4 atom stereocenters. The van der Waals surface area contributed by atoms with Gasteiger partial charge in [0.2, 0.25) is 23.6 Å². The molecule has 0 aromatic carbocycles. The maximum atomic E-state index is 12.9. The van der Waals surface area contributed by atoms with Crippen LogP contribution in [0.5, 0.6) is 0 Å². The summed E-state index contributed by atoms with van der Waals surface area (Å²) in [5, 5.41) is 11.7. The highest BCUT2D eigenvalue weighted by Crippen LogP contribution is 2.61. The molecule has 9 aliphatic rings. The van der Waals surface area contributed by atoms with E-state index in [1.54, 1.807) is 61.5 Å². The van der Waals surface area contributed by atoms with Crippen LogP contribution in [-0.4, -0.2) is 240 Å². The van der Waals surface area contributed by atoms with Gasteiger partial charge in [0.15, 0.2) is 34.0 Å². The molecule has 3 spiro atoms. The summed E-state index contributed by atoms with van der Waals surface area (Å²) in [5.74, 6) is 2.19. The molecule has 3 aliphatic carbocycles. The van der Waals surface area contributed by atoms with E-state index in [-0.39, 0.29) is 58.2 Å². The highest BCUT2D eigenvalue weighted by Gasteiger charge is 2.57. The van der Waals surface area contributed by atoms with Gasteiger partial charge in [-0.05, 0) is 168 Å². The molecule has 24 heteroatoms. The second-order valence-electron chi connectivity index (χ2n) is 29.9. The van der Waals surface area contributed by atoms with Crippen molar-refractivity contribution in [1.82, 2.24) is 70.1 Å². The van der Waals surface area contributed by atoms with E-state index in [1.165, 1.54) is 0 Å². The molecule has 0 radical (unpaired) electrons. The van der Waals surface area contributed by atoms with E-state index >= 15 is 0 Å². The molecular weight excluding hydrogens is 1270 g/mol. The minimum absolute atomic E-state index is 0.0627. The summed E-state index contributed by atoms with van der Waals surface area (Å²) in [6.07, 6.45) is 27.6. The fourth-order valence-corrected chi connectivity index (χ4v) is 16.3. The minimum atomic E-state index is -0.202. The van der Waals surface area contributed by atoms with Gasteiger partial charge in [0.1, 0.15) is 0 Å². The third kappa shape index (κ3) is 16.2. The second kappa shape index (κ2) is 30.2. The predicted octanol–water partition coefficient (Wildman–Crippen LogP) is 7.33. The van der Waals surface area contributed by atoms with Gasteiger partial charge in [0.25, 0.3) is 17.7 Å². The normalized spacial score (nSPS) is 23.4. The van der Waals surface area contributed by atoms with E-state index in [1.807, 2.05) is 65.0 Å². The lowest BCUT2D eigenvalue weighted by Gasteiger charge is -2.35. The van der Waals surface area contributed by atoms with Gasteiger partial charge in [0, 0.05) is 190 Å². The molecule has 4 unspecified atom stereocenters. The number of hydrogen-bond donors (Lipinski definition) is 3. The van der Waals surface area contributed by atoms with E-state index in [4.69, 9.17) is 13.3 Å². The van der Waals surface area contributed by atoms with Crippen molar-refractivity contribution in [3.05, 3.63) is 127 Å². The molecule has 3 N–H and O–H groups in total. The molecule has 6 aromatic heterocycles. The van der Waals surface area contributed by atoms with Gasteiger partial charge in [-0.25, -0.2) is 0 Å². The Balaban J connectivity index is 0.000000135. The first-order chi connectivity index (χ1) is 48.4. The van der Waals surface area contributed by atoms with Gasteiger partial charge in [-0.1, -0.05) is 12.7 Å². The average molecular weight is 1370 g/mol. The fourth-order valence-electron chi connectivity index (χ4n) is 16.3. The Hall–Kier alpha value is -8.74. The predicted molar refractivity (Wildman–Crippen MR) is 378 cm³/mol. The summed E-state index contributed by atoms with van der Waals surface area (Å²) >= 11 is 0. The molecular formula is C76H98N14O10. The number of pyridine rings is 3. The zero-order chi connectivity index (χ0) is 69.7. The number of likely N-dealkylation sites (tertiary alicyclic amines) is 4. The zero-order valence-electron chi connectivity index (χ0n) is 58.5. The van der Waals surface area contributed by atoms with Crippen LogP contribution in [0.3, 0.4) is 0 Å². The Morgan fingerprint density at radius 1 is 0.570 bits per heavy atom. The van der Waals surface area contributed by atoms with Crippen LogP contribution in [0.2, 0.25) is 0 Å². The molecule has 3 saturated carbocycles. The van der Waals surface area contributed by atoms with Gasteiger partial charge >= 0.3 is 0 Å². The van der Waals surface area contributed by atoms with Crippen LogP contribution < -0.4 is 16.0 Å². The molecule has 24 nitrogen and oxygen atoms in total. The van der Waals surface area contributed by atoms with Crippen molar-refractivity contribution in [3.8, 4) is 0 Å². The van der Waals surface area contributed by atoms with E-state index in [0.717, 1.165) is 178 Å². The Labute approximate surface area is 584 Å². The lowest BCUT2D eigenvalue weighted by atomic mass is 9.90. The van der Waals surface area contributed by atoms with Gasteiger partial charge < -0.3 is 68.4 Å². The summed E-state index contributed by atoms with van der Waals surface area (Å²) in [5.41, 5.74) is 3.71. The molecule has 12 heterocycles. The van der Waals surface area contributed by atoms with Crippen molar-refractivity contribution in [1.29, 1.82) is 0 Å². The first-order valence-corrected chi connectivity index (χ1v) is 36.2. The third-order valence-corrected chi connectivity index (χ3v) is 23.4.